The average molecular weight is 382 g/mol. The molecule has 1 aromatic heterocycles. The molecule has 6 nitrogen and oxygen atoms in total. The minimum atomic E-state index is -4.71. The maximum atomic E-state index is 12.1. The highest BCUT2D eigenvalue weighted by Gasteiger charge is 2.30. The molecule has 0 aliphatic heterocycles. The third-order valence-corrected chi connectivity index (χ3v) is 3.78. The number of halogens is 3. The van der Waals surface area contributed by atoms with Gasteiger partial charge in [-0.15, -0.1) is 13.2 Å². The zero-order valence-electron chi connectivity index (χ0n) is 15.2. The molecular weight excluding hydrogens is 361 g/mol. The quantitative estimate of drug-likeness (QED) is 0.592. The monoisotopic (exact) mass is 382 g/mol. The van der Waals surface area contributed by atoms with E-state index in [4.69, 9.17) is 10.5 Å². The number of nitrogens with one attached hydrogen (secondary N) is 1. The van der Waals surface area contributed by atoms with E-state index >= 15 is 0 Å². The molecule has 0 amide bonds. The number of aryl methyl sites for hydroxylation is 1. The normalized spacial score (nSPS) is 12.0. The standard InChI is InChI=1S/C18H21F3N4O2/c1-11-8-23-15(12(2)16(11)26-3)10-25-17(22)24-9-13-4-6-14(7-5-13)27-18(19,20)21/h4-8H,9-10H2,1-3H3,(H3,22,24,25). The summed E-state index contributed by atoms with van der Waals surface area (Å²) in [5, 5.41) is 2.96. The van der Waals surface area contributed by atoms with E-state index in [2.05, 4.69) is 20.0 Å². The number of rotatable bonds is 6. The second-order valence-corrected chi connectivity index (χ2v) is 5.79. The number of nitrogens with two attached hydrogens (primary N) is 1. The molecule has 0 bridgehead atoms. The van der Waals surface area contributed by atoms with Crippen LogP contribution in [0.25, 0.3) is 0 Å². The van der Waals surface area contributed by atoms with Crippen LogP contribution in [0.15, 0.2) is 35.5 Å². The molecule has 0 fully saturated rings. The molecule has 0 saturated carbocycles. The number of ether oxygens (including phenoxy) is 2. The van der Waals surface area contributed by atoms with Gasteiger partial charge in [-0.2, -0.15) is 0 Å². The number of alkyl halides is 3. The van der Waals surface area contributed by atoms with Crippen LogP contribution in [0.5, 0.6) is 11.5 Å². The molecule has 0 saturated heterocycles. The van der Waals surface area contributed by atoms with Gasteiger partial charge in [-0.25, -0.2) is 4.99 Å². The second-order valence-electron chi connectivity index (χ2n) is 5.79. The molecule has 1 heterocycles. The lowest BCUT2D eigenvalue weighted by molar-refractivity contribution is -0.274. The van der Waals surface area contributed by atoms with E-state index in [1.165, 1.54) is 24.3 Å². The van der Waals surface area contributed by atoms with Gasteiger partial charge in [0, 0.05) is 17.3 Å². The van der Waals surface area contributed by atoms with Crippen molar-refractivity contribution in [1.82, 2.24) is 10.3 Å². The van der Waals surface area contributed by atoms with E-state index in [0.717, 1.165) is 22.6 Å². The SMILES string of the molecule is COc1c(C)cnc(CNC(N)=NCc2ccc(OC(F)(F)F)cc2)c1C. The second kappa shape index (κ2) is 8.61. The van der Waals surface area contributed by atoms with Gasteiger partial charge < -0.3 is 20.5 Å². The number of guanidine groups is 1. The van der Waals surface area contributed by atoms with E-state index in [1.807, 2.05) is 13.8 Å². The van der Waals surface area contributed by atoms with Gasteiger partial charge in [0.15, 0.2) is 5.96 Å². The summed E-state index contributed by atoms with van der Waals surface area (Å²) in [6.07, 6.45) is -2.99. The van der Waals surface area contributed by atoms with Crippen molar-refractivity contribution in [3.63, 3.8) is 0 Å². The third kappa shape index (κ3) is 6.05. The summed E-state index contributed by atoms with van der Waals surface area (Å²) in [5.74, 6) is 0.695. The number of hydrogen-bond acceptors (Lipinski definition) is 4. The Morgan fingerprint density at radius 1 is 1.22 bits per heavy atom. The highest BCUT2D eigenvalue weighted by molar-refractivity contribution is 5.77. The Balaban J connectivity index is 1.93. The van der Waals surface area contributed by atoms with Crippen LogP contribution >= 0.6 is 0 Å². The number of nitrogens with zero attached hydrogens (tertiary/aromatic N) is 2. The smallest absolute Gasteiger partial charge is 0.496 e. The lowest BCUT2D eigenvalue weighted by Gasteiger charge is -2.13. The van der Waals surface area contributed by atoms with Crippen molar-refractivity contribution in [2.45, 2.75) is 33.3 Å². The van der Waals surface area contributed by atoms with Crippen molar-refractivity contribution in [3.8, 4) is 11.5 Å². The molecule has 0 aliphatic rings. The molecule has 27 heavy (non-hydrogen) atoms. The maximum Gasteiger partial charge on any atom is 0.573 e. The fourth-order valence-corrected chi connectivity index (χ4v) is 2.45. The molecule has 9 heteroatoms. The fraction of sp³-hybridized carbons (Fsp3) is 0.333. The number of aromatic nitrogens is 1. The zero-order valence-corrected chi connectivity index (χ0v) is 15.2. The summed E-state index contributed by atoms with van der Waals surface area (Å²) in [5.41, 5.74) is 9.17. The molecule has 2 aromatic rings. The van der Waals surface area contributed by atoms with Crippen LogP contribution in [0.2, 0.25) is 0 Å². The number of pyridine rings is 1. The van der Waals surface area contributed by atoms with Gasteiger partial charge in [0.05, 0.1) is 25.9 Å². The molecule has 0 radical (unpaired) electrons. The van der Waals surface area contributed by atoms with E-state index in [-0.39, 0.29) is 18.3 Å². The van der Waals surface area contributed by atoms with Gasteiger partial charge in [0.25, 0.3) is 0 Å². The minimum absolute atomic E-state index is 0.200. The summed E-state index contributed by atoms with van der Waals surface area (Å²) >= 11 is 0. The van der Waals surface area contributed by atoms with E-state index in [1.54, 1.807) is 13.3 Å². The molecular formula is C18H21F3N4O2. The molecule has 0 aliphatic carbocycles. The predicted octanol–water partition coefficient (Wildman–Crippen LogP) is 3.21. The fourth-order valence-electron chi connectivity index (χ4n) is 2.45. The van der Waals surface area contributed by atoms with Crippen LogP contribution in [0.1, 0.15) is 22.4 Å². The lowest BCUT2D eigenvalue weighted by atomic mass is 10.1. The summed E-state index contributed by atoms with van der Waals surface area (Å²) in [6.45, 7) is 4.41. The number of methoxy groups -OCH3 is 1. The Morgan fingerprint density at radius 3 is 2.48 bits per heavy atom. The summed E-state index contributed by atoms with van der Waals surface area (Å²) in [6, 6.07) is 5.45. The highest BCUT2D eigenvalue weighted by Crippen LogP contribution is 2.24. The van der Waals surface area contributed by atoms with Gasteiger partial charge in [0.1, 0.15) is 11.5 Å². The van der Waals surface area contributed by atoms with Crippen molar-refractivity contribution < 1.29 is 22.6 Å². The van der Waals surface area contributed by atoms with E-state index < -0.39 is 6.36 Å². The summed E-state index contributed by atoms with van der Waals surface area (Å²) in [7, 11) is 1.60. The first kappa shape index (κ1) is 20.3. The van der Waals surface area contributed by atoms with Crippen molar-refractivity contribution in [3.05, 3.63) is 52.8 Å². The van der Waals surface area contributed by atoms with Gasteiger partial charge >= 0.3 is 6.36 Å². The lowest BCUT2D eigenvalue weighted by Crippen LogP contribution is -2.31. The minimum Gasteiger partial charge on any atom is -0.496 e. The molecule has 0 unspecified atom stereocenters. The van der Waals surface area contributed by atoms with E-state index in [0.29, 0.717) is 12.1 Å². The number of hydrogen-bond donors (Lipinski definition) is 2. The number of aliphatic imine (C=N–C) groups is 1. The first-order valence-electron chi connectivity index (χ1n) is 8.07. The zero-order chi connectivity index (χ0) is 20.0. The highest BCUT2D eigenvalue weighted by atomic mass is 19.4. The number of benzene rings is 1. The summed E-state index contributed by atoms with van der Waals surface area (Å²) < 4.78 is 45.6. The largest absolute Gasteiger partial charge is 0.573 e. The first-order valence-corrected chi connectivity index (χ1v) is 8.07. The summed E-state index contributed by atoms with van der Waals surface area (Å²) in [4.78, 5) is 8.52. The van der Waals surface area contributed by atoms with Gasteiger partial charge in [-0.05, 0) is 31.5 Å². The predicted molar refractivity (Wildman–Crippen MR) is 95.6 cm³/mol. The Kier molecular flexibility index (Phi) is 6.49. The van der Waals surface area contributed by atoms with Crippen LogP contribution in [0.3, 0.4) is 0 Å². The first-order chi connectivity index (χ1) is 12.7. The Bertz CT molecular complexity index is 805. The van der Waals surface area contributed by atoms with Gasteiger partial charge in [-0.3, -0.25) is 4.98 Å². The topological polar surface area (TPSA) is 81.8 Å². The van der Waals surface area contributed by atoms with Gasteiger partial charge in [-0.1, -0.05) is 12.1 Å². The van der Waals surface area contributed by atoms with Crippen molar-refractivity contribution in [2.75, 3.05) is 7.11 Å². The van der Waals surface area contributed by atoms with Crippen molar-refractivity contribution in [2.24, 2.45) is 10.7 Å². The molecule has 1 aromatic carbocycles. The molecule has 0 spiro atoms. The average Bonchev–Trinajstić information content (AvgIpc) is 2.59. The van der Waals surface area contributed by atoms with Crippen molar-refractivity contribution >= 4 is 5.96 Å². The van der Waals surface area contributed by atoms with Gasteiger partial charge in [0.2, 0.25) is 0 Å². The third-order valence-electron chi connectivity index (χ3n) is 3.78. The molecule has 146 valence electrons. The Hall–Kier alpha value is -2.97. The molecule has 2 rings (SSSR count). The Morgan fingerprint density at radius 2 is 1.89 bits per heavy atom. The molecule has 0 atom stereocenters. The van der Waals surface area contributed by atoms with Crippen molar-refractivity contribution in [1.29, 1.82) is 0 Å². The Labute approximate surface area is 155 Å². The molecule has 3 N–H and O–H groups in total. The van der Waals surface area contributed by atoms with Crippen LogP contribution < -0.4 is 20.5 Å². The van der Waals surface area contributed by atoms with Crippen LogP contribution in [-0.4, -0.2) is 24.4 Å². The van der Waals surface area contributed by atoms with Crippen LogP contribution in [0.4, 0.5) is 13.2 Å². The maximum absolute atomic E-state index is 12.1. The van der Waals surface area contributed by atoms with Crippen LogP contribution in [0, 0.1) is 13.8 Å². The van der Waals surface area contributed by atoms with Crippen LogP contribution in [-0.2, 0) is 13.1 Å². The van der Waals surface area contributed by atoms with E-state index in [9.17, 15) is 13.2 Å².